The fourth-order valence-corrected chi connectivity index (χ4v) is 3.26. The fraction of sp³-hybridized carbons (Fsp3) is 0.286. The molecule has 0 amide bonds. The number of ether oxygens (including phenoxy) is 3. The molecule has 0 aliphatic heterocycles. The van der Waals surface area contributed by atoms with Gasteiger partial charge in [-0.2, -0.15) is 0 Å². The number of ketones is 1. The van der Waals surface area contributed by atoms with Crippen molar-refractivity contribution in [3.05, 3.63) is 59.7 Å². The summed E-state index contributed by atoms with van der Waals surface area (Å²) in [5.74, 6) is 2.59. The van der Waals surface area contributed by atoms with Gasteiger partial charge in [0.15, 0.2) is 5.78 Å². The zero-order valence-corrected chi connectivity index (χ0v) is 14.7. The minimum atomic E-state index is 0.131. The molecule has 1 atom stereocenters. The van der Waals surface area contributed by atoms with Crippen LogP contribution >= 0.6 is 0 Å². The van der Waals surface area contributed by atoms with E-state index in [2.05, 4.69) is 0 Å². The fourth-order valence-electron chi connectivity index (χ4n) is 3.26. The van der Waals surface area contributed by atoms with E-state index in [1.807, 2.05) is 42.5 Å². The lowest BCUT2D eigenvalue weighted by molar-refractivity contribution is -0.115. The molecule has 1 aliphatic rings. The summed E-state index contributed by atoms with van der Waals surface area (Å²) >= 11 is 0. The van der Waals surface area contributed by atoms with Crippen LogP contribution in [0.3, 0.4) is 0 Å². The zero-order chi connectivity index (χ0) is 17.8. The minimum absolute atomic E-state index is 0.131. The highest BCUT2D eigenvalue weighted by Crippen LogP contribution is 2.40. The zero-order valence-electron chi connectivity index (χ0n) is 14.7. The number of allylic oxidation sites excluding steroid dienone is 2. The second-order valence-corrected chi connectivity index (χ2v) is 6.08. The van der Waals surface area contributed by atoms with Crippen LogP contribution in [0.15, 0.2) is 48.5 Å². The average Bonchev–Trinajstić information content (AvgIpc) is 2.67. The summed E-state index contributed by atoms with van der Waals surface area (Å²) in [6.45, 7) is 0. The van der Waals surface area contributed by atoms with Gasteiger partial charge < -0.3 is 14.2 Å². The maximum atomic E-state index is 12.3. The maximum absolute atomic E-state index is 12.3. The van der Waals surface area contributed by atoms with Crippen LogP contribution in [0.25, 0.3) is 5.57 Å². The average molecular weight is 338 g/mol. The van der Waals surface area contributed by atoms with Crippen LogP contribution in [0.1, 0.15) is 29.9 Å². The third kappa shape index (κ3) is 3.68. The smallest absolute Gasteiger partial charge is 0.156 e. The highest BCUT2D eigenvalue weighted by Gasteiger charge is 2.24. The molecule has 0 bridgehead atoms. The summed E-state index contributed by atoms with van der Waals surface area (Å²) in [6, 6.07) is 13.6. The second-order valence-electron chi connectivity index (χ2n) is 6.08. The summed E-state index contributed by atoms with van der Waals surface area (Å²) in [6.07, 6.45) is 3.03. The molecule has 2 aromatic carbocycles. The molecule has 1 aliphatic carbocycles. The number of hydrogen-bond acceptors (Lipinski definition) is 4. The molecule has 0 N–H and O–H groups in total. The van der Waals surface area contributed by atoms with Gasteiger partial charge in [-0.15, -0.1) is 0 Å². The lowest BCUT2D eigenvalue weighted by Gasteiger charge is -2.24. The number of rotatable bonds is 5. The third-order valence-corrected chi connectivity index (χ3v) is 4.59. The van der Waals surface area contributed by atoms with Gasteiger partial charge in [0.2, 0.25) is 0 Å². The summed E-state index contributed by atoms with van der Waals surface area (Å²) < 4.78 is 16.0. The van der Waals surface area contributed by atoms with E-state index in [1.54, 1.807) is 27.4 Å². The van der Waals surface area contributed by atoms with Gasteiger partial charge in [-0.1, -0.05) is 12.1 Å². The van der Waals surface area contributed by atoms with Gasteiger partial charge >= 0.3 is 0 Å². The Morgan fingerprint density at radius 3 is 2.16 bits per heavy atom. The molecule has 25 heavy (non-hydrogen) atoms. The normalized spacial score (nSPS) is 17.0. The van der Waals surface area contributed by atoms with Crippen LogP contribution in [0.5, 0.6) is 17.2 Å². The second kappa shape index (κ2) is 7.43. The quantitative estimate of drug-likeness (QED) is 0.818. The third-order valence-electron chi connectivity index (χ3n) is 4.59. The van der Waals surface area contributed by atoms with Gasteiger partial charge in [-0.25, -0.2) is 0 Å². The van der Waals surface area contributed by atoms with Gasteiger partial charge in [0.25, 0.3) is 0 Å². The van der Waals surface area contributed by atoms with Crippen molar-refractivity contribution in [2.45, 2.75) is 18.8 Å². The first kappa shape index (κ1) is 17.1. The Labute approximate surface area is 148 Å². The van der Waals surface area contributed by atoms with E-state index in [9.17, 15) is 4.79 Å². The van der Waals surface area contributed by atoms with Crippen LogP contribution in [-0.4, -0.2) is 27.1 Å². The maximum Gasteiger partial charge on any atom is 0.156 e. The molecule has 130 valence electrons. The summed E-state index contributed by atoms with van der Waals surface area (Å²) in [4.78, 5) is 12.3. The SMILES string of the molecule is COc1ccc([C@H]2CC(=O)C=C(c3cc(OC)ccc3OC)C2)cc1. The van der Waals surface area contributed by atoms with Crippen molar-refractivity contribution in [2.75, 3.05) is 21.3 Å². The number of carbonyl (C=O) groups is 1. The van der Waals surface area contributed by atoms with E-state index in [0.29, 0.717) is 6.42 Å². The standard InChI is InChI=1S/C21H22O4/c1-23-18-6-4-14(5-7-18)15-10-16(12-17(22)11-15)20-13-19(24-2)8-9-21(20)25-3/h4-9,12-13,15H,10-11H2,1-3H3/t15-/m1/s1. The van der Waals surface area contributed by atoms with Crippen LogP contribution in [0.4, 0.5) is 0 Å². The topological polar surface area (TPSA) is 44.8 Å². The molecule has 0 radical (unpaired) electrons. The van der Waals surface area contributed by atoms with Crippen LogP contribution in [-0.2, 0) is 4.79 Å². The van der Waals surface area contributed by atoms with E-state index in [0.717, 1.165) is 40.4 Å². The Kier molecular flexibility index (Phi) is 5.08. The predicted octanol–water partition coefficient (Wildman–Crippen LogP) is 4.24. The Bertz CT molecular complexity index is 790. The molecule has 4 heteroatoms. The molecule has 3 rings (SSSR count). The Morgan fingerprint density at radius 1 is 0.840 bits per heavy atom. The van der Waals surface area contributed by atoms with E-state index in [-0.39, 0.29) is 11.7 Å². The number of benzene rings is 2. The van der Waals surface area contributed by atoms with Crippen molar-refractivity contribution < 1.29 is 19.0 Å². The first-order valence-electron chi connectivity index (χ1n) is 8.24. The molecule has 0 spiro atoms. The van der Waals surface area contributed by atoms with Gasteiger partial charge in [0, 0.05) is 12.0 Å². The Hall–Kier alpha value is -2.75. The van der Waals surface area contributed by atoms with E-state index >= 15 is 0 Å². The van der Waals surface area contributed by atoms with Crippen molar-refractivity contribution in [1.29, 1.82) is 0 Å². The minimum Gasteiger partial charge on any atom is -0.497 e. The molecule has 0 saturated carbocycles. The molecule has 2 aromatic rings. The van der Waals surface area contributed by atoms with Crippen molar-refractivity contribution in [1.82, 2.24) is 0 Å². The number of methoxy groups -OCH3 is 3. The van der Waals surface area contributed by atoms with Crippen molar-refractivity contribution in [3.63, 3.8) is 0 Å². The van der Waals surface area contributed by atoms with E-state index in [1.165, 1.54) is 0 Å². The van der Waals surface area contributed by atoms with Crippen molar-refractivity contribution >= 4 is 11.4 Å². The van der Waals surface area contributed by atoms with E-state index < -0.39 is 0 Å². The van der Waals surface area contributed by atoms with Crippen LogP contribution in [0, 0.1) is 0 Å². The van der Waals surface area contributed by atoms with Crippen molar-refractivity contribution in [2.24, 2.45) is 0 Å². The molecule has 0 heterocycles. The molecule has 4 nitrogen and oxygen atoms in total. The van der Waals surface area contributed by atoms with Gasteiger partial charge in [-0.05, 0) is 59.9 Å². The largest absolute Gasteiger partial charge is 0.497 e. The number of carbonyl (C=O) groups excluding carboxylic acids is 1. The van der Waals surface area contributed by atoms with Crippen molar-refractivity contribution in [3.8, 4) is 17.2 Å². The predicted molar refractivity (Wildman–Crippen MR) is 97.5 cm³/mol. The summed E-state index contributed by atoms with van der Waals surface area (Å²) in [7, 11) is 4.92. The molecule has 0 saturated heterocycles. The lowest BCUT2D eigenvalue weighted by Crippen LogP contribution is -2.13. The van der Waals surface area contributed by atoms with Crippen LogP contribution in [0.2, 0.25) is 0 Å². The summed E-state index contributed by atoms with van der Waals surface area (Å²) in [5, 5.41) is 0. The molecule has 0 unspecified atom stereocenters. The highest BCUT2D eigenvalue weighted by molar-refractivity contribution is 6.00. The van der Waals surface area contributed by atoms with Gasteiger partial charge in [0.05, 0.1) is 21.3 Å². The first-order chi connectivity index (χ1) is 12.1. The van der Waals surface area contributed by atoms with E-state index in [4.69, 9.17) is 14.2 Å². The lowest BCUT2D eigenvalue weighted by atomic mass is 9.81. The number of hydrogen-bond donors (Lipinski definition) is 0. The molecule has 0 aromatic heterocycles. The monoisotopic (exact) mass is 338 g/mol. The summed E-state index contributed by atoms with van der Waals surface area (Å²) in [5.41, 5.74) is 3.03. The Balaban J connectivity index is 1.93. The molecular formula is C21H22O4. The van der Waals surface area contributed by atoms with Crippen LogP contribution < -0.4 is 14.2 Å². The molecule has 0 fully saturated rings. The van der Waals surface area contributed by atoms with Gasteiger partial charge in [-0.3, -0.25) is 4.79 Å². The molecular weight excluding hydrogens is 316 g/mol. The first-order valence-corrected chi connectivity index (χ1v) is 8.24. The van der Waals surface area contributed by atoms with Gasteiger partial charge in [0.1, 0.15) is 17.2 Å². The Morgan fingerprint density at radius 2 is 1.52 bits per heavy atom. The highest BCUT2D eigenvalue weighted by atomic mass is 16.5.